The van der Waals surface area contributed by atoms with E-state index in [1.807, 2.05) is 0 Å². The van der Waals surface area contributed by atoms with Crippen molar-refractivity contribution in [3.05, 3.63) is 0 Å². The van der Waals surface area contributed by atoms with Gasteiger partial charge in [-0.25, -0.2) is 0 Å². The predicted octanol–water partition coefficient (Wildman–Crippen LogP) is 0.993. The second kappa shape index (κ2) is 7.08. The molecule has 1 N–H and O–H groups in total. The van der Waals surface area contributed by atoms with Gasteiger partial charge in [-0.2, -0.15) is 5.26 Å². The van der Waals surface area contributed by atoms with Crippen molar-refractivity contribution < 1.29 is 5.11 Å². The van der Waals surface area contributed by atoms with E-state index in [-0.39, 0.29) is 6.10 Å². The standard InChI is InChI=1S/C9H18N2O/c1-3-6-11(8-5-10)7-4-9(2)12/h9,12H,3-4,6-8H2,1-2H3. The molecule has 70 valence electrons. The summed E-state index contributed by atoms with van der Waals surface area (Å²) in [5.74, 6) is 0. The SMILES string of the molecule is CCCN(CC#N)CCC(C)O. The fraction of sp³-hybridized carbons (Fsp3) is 0.889. The Labute approximate surface area is 74.6 Å². The zero-order chi connectivity index (χ0) is 9.40. The van der Waals surface area contributed by atoms with Gasteiger partial charge in [0.25, 0.3) is 0 Å². The van der Waals surface area contributed by atoms with Crippen LogP contribution in [0.4, 0.5) is 0 Å². The Balaban J connectivity index is 3.56. The number of rotatable bonds is 6. The molecule has 0 amide bonds. The monoisotopic (exact) mass is 170 g/mol. The minimum atomic E-state index is -0.261. The Kier molecular flexibility index (Phi) is 6.73. The molecule has 0 fully saturated rings. The Bertz CT molecular complexity index is 140. The van der Waals surface area contributed by atoms with E-state index < -0.39 is 0 Å². The van der Waals surface area contributed by atoms with E-state index in [0.29, 0.717) is 6.54 Å². The van der Waals surface area contributed by atoms with Gasteiger partial charge in [0.2, 0.25) is 0 Å². The highest BCUT2D eigenvalue weighted by Gasteiger charge is 2.03. The van der Waals surface area contributed by atoms with Crippen LogP contribution in [0.2, 0.25) is 0 Å². The molecule has 12 heavy (non-hydrogen) atoms. The van der Waals surface area contributed by atoms with Crippen LogP contribution < -0.4 is 0 Å². The van der Waals surface area contributed by atoms with E-state index in [9.17, 15) is 0 Å². The van der Waals surface area contributed by atoms with Crippen molar-refractivity contribution >= 4 is 0 Å². The highest BCUT2D eigenvalue weighted by molar-refractivity contribution is 4.76. The summed E-state index contributed by atoms with van der Waals surface area (Å²) in [6, 6.07) is 2.12. The quantitative estimate of drug-likeness (QED) is 0.605. The van der Waals surface area contributed by atoms with Crippen LogP contribution in [0.1, 0.15) is 26.7 Å². The minimum Gasteiger partial charge on any atom is -0.393 e. The molecule has 0 saturated carbocycles. The average Bonchev–Trinajstić information content (AvgIpc) is 2.01. The molecule has 0 aromatic carbocycles. The van der Waals surface area contributed by atoms with Crippen LogP contribution in [0.3, 0.4) is 0 Å². The van der Waals surface area contributed by atoms with E-state index in [1.165, 1.54) is 0 Å². The van der Waals surface area contributed by atoms with E-state index >= 15 is 0 Å². The molecule has 0 aliphatic heterocycles. The molecule has 0 radical (unpaired) electrons. The first kappa shape index (κ1) is 11.4. The van der Waals surface area contributed by atoms with Gasteiger partial charge >= 0.3 is 0 Å². The summed E-state index contributed by atoms with van der Waals surface area (Å²) in [5, 5.41) is 17.5. The molecule has 0 spiro atoms. The molecular formula is C9H18N2O. The first-order valence-electron chi connectivity index (χ1n) is 4.48. The van der Waals surface area contributed by atoms with Crippen LogP contribution in [0, 0.1) is 11.3 Å². The maximum absolute atomic E-state index is 9.03. The lowest BCUT2D eigenvalue weighted by atomic mass is 10.2. The molecule has 0 rings (SSSR count). The fourth-order valence-corrected chi connectivity index (χ4v) is 1.06. The zero-order valence-electron chi connectivity index (χ0n) is 7.95. The predicted molar refractivity (Wildman–Crippen MR) is 48.6 cm³/mol. The number of aliphatic hydroxyl groups is 1. The number of nitriles is 1. The summed E-state index contributed by atoms with van der Waals surface area (Å²) in [4.78, 5) is 2.06. The second-order valence-corrected chi connectivity index (χ2v) is 3.07. The van der Waals surface area contributed by atoms with Crippen LogP contribution in [0.25, 0.3) is 0 Å². The number of hydrogen-bond acceptors (Lipinski definition) is 3. The second-order valence-electron chi connectivity index (χ2n) is 3.07. The molecule has 0 aromatic rings. The van der Waals surface area contributed by atoms with Gasteiger partial charge in [0.1, 0.15) is 0 Å². The molecule has 1 atom stereocenters. The molecule has 0 heterocycles. The Morgan fingerprint density at radius 1 is 1.50 bits per heavy atom. The summed E-state index contributed by atoms with van der Waals surface area (Å²) in [6.45, 7) is 6.10. The maximum Gasteiger partial charge on any atom is 0.0866 e. The van der Waals surface area contributed by atoms with Crippen molar-refractivity contribution in [1.29, 1.82) is 5.26 Å². The Hall–Kier alpha value is -0.590. The third-order valence-corrected chi connectivity index (χ3v) is 1.70. The first-order chi connectivity index (χ1) is 5.70. The molecule has 0 bridgehead atoms. The summed E-state index contributed by atoms with van der Waals surface area (Å²) < 4.78 is 0. The van der Waals surface area contributed by atoms with Gasteiger partial charge in [-0.1, -0.05) is 6.92 Å². The summed E-state index contributed by atoms with van der Waals surface area (Å²) in [5.41, 5.74) is 0. The van der Waals surface area contributed by atoms with E-state index in [2.05, 4.69) is 17.9 Å². The molecule has 0 aliphatic carbocycles. The Morgan fingerprint density at radius 2 is 2.17 bits per heavy atom. The van der Waals surface area contributed by atoms with Crippen LogP contribution in [-0.4, -0.2) is 35.7 Å². The van der Waals surface area contributed by atoms with Gasteiger partial charge in [0, 0.05) is 6.54 Å². The third kappa shape index (κ3) is 6.14. The number of hydrogen-bond donors (Lipinski definition) is 1. The highest BCUT2D eigenvalue weighted by atomic mass is 16.3. The summed E-state index contributed by atoms with van der Waals surface area (Å²) in [6.07, 6.45) is 1.55. The number of nitrogens with zero attached hydrogens (tertiary/aromatic N) is 2. The van der Waals surface area contributed by atoms with Crippen molar-refractivity contribution in [2.75, 3.05) is 19.6 Å². The largest absolute Gasteiger partial charge is 0.393 e. The molecular weight excluding hydrogens is 152 g/mol. The van der Waals surface area contributed by atoms with Gasteiger partial charge in [0.15, 0.2) is 0 Å². The third-order valence-electron chi connectivity index (χ3n) is 1.70. The van der Waals surface area contributed by atoms with Crippen molar-refractivity contribution in [3.63, 3.8) is 0 Å². The van der Waals surface area contributed by atoms with Crippen molar-refractivity contribution in [3.8, 4) is 6.07 Å². The van der Waals surface area contributed by atoms with Crippen LogP contribution in [0.5, 0.6) is 0 Å². The fourth-order valence-electron chi connectivity index (χ4n) is 1.06. The van der Waals surface area contributed by atoms with Crippen molar-refractivity contribution in [2.45, 2.75) is 32.8 Å². The summed E-state index contributed by atoms with van der Waals surface area (Å²) >= 11 is 0. The maximum atomic E-state index is 9.03. The van der Waals surface area contributed by atoms with Gasteiger partial charge in [0.05, 0.1) is 18.7 Å². The minimum absolute atomic E-state index is 0.261. The molecule has 0 saturated heterocycles. The molecule has 0 aliphatic rings. The van der Waals surface area contributed by atoms with Crippen molar-refractivity contribution in [2.24, 2.45) is 0 Å². The molecule has 0 aromatic heterocycles. The summed E-state index contributed by atoms with van der Waals surface area (Å²) in [7, 11) is 0. The van der Waals surface area contributed by atoms with Gasteiger partial charge in [-0.15, -0.1) is 0 Å². The van der Waals surface area contributed by atoms with Gasteiger partial charge in [-0.05, 0) is 26.3 Å². The van der Waals surface area contributed by atoms with Crippen LogP contribution >= 0.6 is 0 Å². The van der Waals surface area contributed by atoms with Gasteiger partial charge < -0.3 is 5.11 Å². The zero-order valence-corrected chi connectivity index (χ0v) is 7.95. The Morgan fingerprint density at radius 3 is 2.58 bits per heavy atom. The highest BCUT2D eigenvalue weighted by Crippen LogP contribution is 1.96. The molecule has 3 nitrogen and oxygen atoms in total. The van der Waals surface area contributed by atoms with Crippen LogP contribution in [0.15, 0.2) is 0 Å². The average molecular weight is 170 g/mol. The lowest BCUT2D eigenvalue weighted by Gasteiger charge is -2.18. The van der Waals surface area contributed by atoms with E-state index in [0.717, 1.165) is 25.9 Å². The number of aliphatic hydroxyl groups excluding tert-OH is 1. The van der Waals surface area contributed by atoms with Crippen LogP contribution in [-0.2, 0) is 0 Å². The topological polar surface area (TPSA) is 47.3 Å². The first-order valence-corrected chi connectivity index (χ1v) is 4.48. The van der Waals surface area contributed by atoms with Crippen molar-refractivity contribution in [1.82, 2.24) is 4.90 Å². The smallest absolute Gasteiger partial charge is 0.0866 e. The molecule has 3 heteroatoms. The van der Waals surface area contributed by atoms with Gasteiger partial charge in [-0.3, -0.25) is 4.90 Å². The van der Waals surface area contributed by atoms with E-state index in [1.54, 1.807) is 6.92 Å². The van der Waals surface area contributed by atoms with E-state index in [4.69, 9.17) is 10.4 Å². The normalized spacial score (nSPS) is 12.9. The lowest BCUT2D eigenvalue weighted by Crippen LogP contribution is -2.28. The molecule has 1 unspecified atom stereocenters. The lowest BCUT2D eigenvalue weighted by molar-refractivity contribution is 0.160.